The predicted octanol–water partition coefficient (Wildman–Crippen LogP) is 5.34. The third-order valence-electron chi connectivity index (χ3n) is 2.88. The summed E-state index contributed by atoms with van der Waals surface area (Å²) in [5.74, 6) is 1.44. The number of halogens is 2. The van der Waals surface area contributed by atoms with Gasteiger partial charge in [-0.2, -0.15) is 0 Å². The topological polar surface area (TPSA) is 28.7 Å². The molecule has 1 aromatic heterocycles. The fourth-order valence-corrected chi connectivity index (χ4v) is 2.69. The molecule has 0 unspecified atom stereocenters. The van der Waals surface area contributed by atoms with Gasteiger partial charge < -0.3 is 4.98 Å². The molecule has 0 aliphatic rings. The molecule has 106 valence electrons. The number of hydrogen-bond acceptors (Lipinski definition) is 2. The van der Waals surface area contributed by atoms with E-state index in [0.29, 0.717) is 10.6 Å². The summed E-state index contributed by atoms with van der Waals surface area (Å²) in [6.45, 7) is 4.37. The van der Waals surface area contributed by atoms with Crippen LogP contribution in [0.15, 0.2) is 28.7 Å². The Labute approximate surface area is 137 Å². The van der Waals surface area contributed by atoms with E-state index in [-0.39, 0.29) is 0 Å². The van der Waals surface area contributed by atoms with Crippen molar-refractivity contribution in [3.63, 3.8) is 0 Å². The first kappa shape index (κ1) is 15.7. The Morgan fingerprint density at radius 3 is 2.55 bits per heavy atom. The fraction of sp³-hybridized carbons (Fsp3) is 0.333. The molecule has 1 N–H and O–H groups in total. The van der Waals surface area contributed by atoms with Crippen LogP contribution in [-0.2, 0) is 12.8 Å². The number of rotatable bonds is 4. The van der Waals surface area contributed by atoms with E-state index in [9.17, 15) is 0 Å². The molecule has 0 amide bonds. The highest BCUT2D eigenvalue weighted by Gasteiger charge is 2.09. The summed E-state index contributed by atoms with van der Waals surface area (Å²) < 4.78 is 1.52. The van der Waals surface area contributed by atoms with Crippen molar-refractivity contribution in [1.29, 1.82) is 0 Å². The van der Waals surface area contributed by atoms with Crippen LogP contribution in [0.4, 0.5) is 0 Å². The van der Waals surface area contributed by atoms with Gasteiger partial charge in [-0.1, -0.05) is 49.8 Å². The Morgan fingerprint density at radius 1 is 1.30 bits per heavy atom. The van der Waals surface area contributed by atoms with Crippen LogP contribution in [0.2, 0.25) is 5.02 Å². The number of H-pyrrole nitrogens is 1. The number of hydrogen-bond donors (Lipinski definition) is 1. The maximum atomic E-state index is 5.90. The van der Waals surface area contributed by atoms with Crippen LogP contribution < -0.4 is 0 Å². The molecule has 1 aromatic carbocycles. The van der Waals surface area contributed by atoms with E-state index in [1.54, 1.807) is 0 Å². The average Bonchev–Trinajstić information content (AvgIpc) is 2.37. The first-order chi connectivity index (χ1) is 9.45. The summed E-state index contributed by atoms with van der Waals surface area (Å²) in [6.07, 6.45) is 1.67. The Bertz CT molecular complexity index is 650. The van der Waals surface area contributed by atoms with Crippen LogP contribution >= 0.6 is 39.7 Å². The number of nitrogens with one attached hydrogen (secondary N) is 1. The number of aromatic amines is 1. The maximum Gasteiger partial charge on any atom is 0.144 e. The molecule has 0 aliphatic heterocycles. The van der Waals surface area contributed by atoms with Crippen molar-refractivity contribution in [2.75, 3.05) is 0 Å². The molecular formula is C15H16BrClN2S. The van der Waals surface area contributed by atoms with Crippen LogP contribution in [0.1, 0.15) is 30.9 Å². The number of benzene rings is 1. The monoisotopic (exact) mass is 370 g/mol. The van der Waals surface area contributed by atoms with Gasteiger partial charge in [0.05, 0.1) is 4.47 Å². The lowest BCUT2D eigenvalue weighted by molar-refractivity contribution is 0.628. The van der Waals surface area contributed by atoms with Gasteiger partial charge in [-0.05, 0) is 46.0 Å². The highest BCUT2D eigenvalue weighted by molar-refractivity contribution is 9.10. The van der Waals surface area contributed by atoms with Gasteiger partial charge in [-0.25, -0.2) is 4.98 Å². The molecule has 0 aliphatic carbocycles. The molecular weight excluding hydrogens is 356 g/mol. The first-order valence-corrected chi connectivity index (χ1v) is 8.05. The van der Waals surface area contributed by atoms with E-state index in [1.165, 1.54) is 0 Å². The zero-order valence-corrected chi connectivity index (χ0v) is 14.6. The minimum absolute atomic E-state index is 0.558. The van der Waals surface area contributed by atoms with Gasteiger partial charge in [0.2, 0.25) is 0 Å². The molecule has 2 rings (SSSR count). The molecule has 5 heteroatoms. The lowest BCUT2D eigenvalue weighted by atomic mass is 10.1. The van der Waals surface area contributed by atoms with E-state index in [0.717, 1.165) is 39.4 Å². The lowest BCUT2D eigenvalue weighted by Crippen LogP contribution is -2.05. The van der Waals surface area contributed by atoms with Crippen molar-refractivity contribution in [2.45, 2.75) is 26.7 Å². The van der Waals surface area contributed by atoms with Crippen LogP contribution in [-0.4, -0.2) is 9.97 Å². The van der Waals surface area contributed by atoms with Crippen molar-refractivity contribution < 1.29 is 0 Å². The number of aromatic nitrogens is 2. The highest BCUT2D eigenvalue weighted by atomic mass is 79.9. The summed E-state index contributed by atoms with van der Waals surface area (Å²) in [7, 11) is 0. The lowest BCUT2D eigenvalue weighted by Gasteiger charge is -2.10. The molecule has 0 radical (unpaired) electrons. The van der Waals surface area contributed by atoms with Crippen molar-refractivity contribution in [1.82, 2.24) is 9.97 Å². The molecule has 20 heavy (non-hydrogen) atoms. The molecule has 0 atom stereocenters. The molecule has 2 nitrogen and oxygen atoms in total. The van der Waals surface area contributed by atoms with Crippen LogP contribution in [0.25, 0.3) is 0 Å². The molecule has 0 saturated heterocycles. The molecule has 0 bridgehead atoms. The van der Waals surface area contributed by atoms with E-state index in [4.69, 9.17) is 23.8 Å². The Morgan fingerprint density at radius 2 is 1.95 bits per heavy atom. The molecule has 2 aromatic rings. The Balaban J connectivity index is 2.30. The van der Waals surface area contributed by atoms with Crippen LogP contribution in [0.5, 0.6) is 0 Å². The minimum Gasteiger partial charge on any atom is -0.346 e. The van der Waals surface area contributed by atoms with Gasteiger partial charge in [0.25, 0.3) is 0 Å². The second kappa shape index (κ2) is 6.83. The minimum atomic E-state index is 0.558. The SMILES string of the molecule is CC(C)Cc1[nH]c(Cc2ccc(Cl)cc2)nc(=S)c1Br. The largest absolute Gasteiger partial charge is 0.346 e. The average molecular weight is 372 g/mol. The van der Waals surface area contributed by atoms with E-state index in [2.05, 4.69) is 39.7 Å². The van der Waals surface area contributed by atoms with Crippen LogP contribution in [0, 0.1) is 10.6 Å². The zero-order chi connectivity index (χ0) is 14.7. The fourth-order valence-electron chi connectivity index (χ4n) is 1.99. The standard InChI is InChI=1S/C15H16BrClN2S/c1-9(2)7-12-14(16)15(20)19-13(18-12)8-10-3-5-11(17)6-4-10/h3-6,9H,7-8H2,1-2H3,(H,18,19,20). The second-order valence-electron chi connectivity index (χ2n) is 5.18. The molecule has 0 saturated carbocycles. The van der Waals surface area contributed by atoms with Gasteiger partial charge >= 0.3 is 0 Å². The Hall–Kier alpha value is -0.710. The van der Waals surface area contributed by atoms with Gasteiger partial charge in [0.15, 0.2) is 0 Å². The van der Waals surface area contributed by atoms with E-state index in [1.807, 2.05) is 24.3 Å². The smallest absolute Gasteiger partial charge is 0.144 e. The quantitative estimate of drug-likeness (QED) is 0.734. The van der Waals surface area contributed by atoms with Crippen molar-refractivity contribution >= 4 is 39.7 Å². The highest BCUT2D eigenvalue weighted by Crippen LogP contribution is 2.20. The summed E-state index contributed by atoms with van der Waals surface area (Å²) in [6, 6.07) is 7.79. The summed E-state index contributed by atoms with van der Waals surface area (Å²) in [5.41, 5.74) is 2.27. The molecule has 1 heterocycles. The van der Waals surface area contributed by atoms with Crippen molar-refractivity contribution in [3.05, 3.63) is 55.5 Å². The van der Waals surface area contributed by atoms with E-state index < -0.39 is 0 Å². The van der Waals surface area contributed by atoms with Gasteiger partial charge in [-0.15, -0.1) is 0 Å². The van der Waals surface area contributed by atoms with Crippen molar-refractivity contribution in [2.24, 2.45) is 5.92 Å². The third kappa shape index (κ3) is 4.14. The van der Waals surface area contributed by atoms with Gasteiger partial charge in [0.1, 0.15) is 10.5 Å². The van der Waals surface area contributed by atoms with E-state index >= 15 is 0 Å². The summed E-state index contributed by atoms with van der Waals surface area (Å²) in [4.78, 5) is 7.83. The second-order valence-corrected chi connectivity index (χ2v) is 6.80. The maximum absolute atomic E-state index is 5.90. The van der Waals surface area contributed by atoms with Gasteiger partial charge in [-0.3, -0.25) is 0 Å². The molecule has 0 fully saturated rings. The summed E-state index contributed by atoms with van der Waals surface area (Å²) in [5, 5.41) is 0.742. The zero-order valence-electron chi connectivity index (χ0n) is 11.4. The first-order valence-electron chi connectivity index (χ1n) is 6.47. The molecule has 0 spiro atoms. The number of nitrogens with zero attached hydrogens (tertiary/aromatic N) is 1. The normalized spacial score (nSPS) is 11.1. The van der Waals surface area contributed by atoms with Crippen LogP contribution in [0.3, 0.4) is 0 Å². The predicted molar refractivity (Wildman–Crippen MR) is 89.9 cm³/mol. The third-order valence-corrected chi connectivity index (χ3v) is 4.55. The van der Waals surface area contributed by atoms with Crippen molar-refractivity contribution in [3.8, 4) is 0 Å². The summed E-state index contributed by atoms with van der Waals surface area (Å²) >= 11 is 14.7. The van der Waals surface area contributed by atoms with Gasteiger partial charge in [0, 0.05) is 17.1 Å². The Kier molecular flexibility index (Phi) is 5.35.